The molecule has 115 heavy (non-hydrogen) atoms. The zero-order chi connectivity index (χ0) is 80.7. The maximum atomic E-state index is 14.7. The molecule has 0 unspecified atom stereocenters. The SMILES string of the molecule is CC.Cc1sc(C)c(F)c1F.[C-]#[N+]C([N+]#[C-])=C1/C(=C\c2cc3sc4c(c3s2)C(c2ccc(CCCCCC)cc2)(c2ccc(CCCCCC)cc2)c2cc3c(cc2-4)C(c2ccc(CCCCCC)cc2)(c2ccc(CCCCCC)cc2)c2c-3sc3cc(/C=C4/C(=O)c5ccccc5C4=C(C#N)C#N)sc23)C(=O)c2ccccc21. The number of thiophene rings is 5. The van der Waals surface area contributed by atoms with E-state index in [9.17, 15) is 28.9 Å². The number of nitriles is 2. The van der Waals surface area contributed by atoms with Gasteiger partial charge in [-0.25, -0.2) is 8.78 Å². The molecule has 578 valence electrons. The lowest BCUT2D eigenvalue weighted by Gasteiger charge is -2.36. The molecule has 0 bridgehead atoms. The number of ketones is 2. The van der Waals surface area contributed by atoms with Gasteiger partial charge >= 0.3 is 5.82 Å². The molecule has 0 spiro atoms. The summed E-state index contributed by atoms with van der Waals surface area (Å²) in [6.07, 6.45) is 26.8. The highest BCUT2D eigenvalue weighted by atomic mass is 32.1. The van der Waals surface area contributed by atoms with Crippen molar-refractivity contribution in [3.8, 4) is 33.0 Å². The molecule has 7 aromatic carbocycles. The number of fused-ring (bicyclic) bond motifs is 12. The highest BCUT2D eigenvalue weighted by Crippen LogP contribution is 2.68. The molecule has 0 saturated carbocycles. The number of allylic oxidation sites excluding steroid dienone is 5. The molecule has 6 nitrogen and oxygen atoms in total. The standard InChI is InChI=1S/C94H82N4O2S4.C6H6F2S.C2H6/c1-7-11-15-19-27-59-35-43-64(44-36-59)93(65-45-37-60(38-46-65)28-20-16-12-8-2)78-56-75-79(55-74(78)88-84(93)90-80(103-88)53-68(101-90)51-76-82(63(57-95)58-96)70-31-23-25-33-72(70)86(76)99)94(66-47-39-61(40-48-66)29-21-17-13-9-3,67-49-41-62(42-50-67)30-22-18-14-10-4)85-89(75)104-81-54-69(102-91(81)85)52-77-83(92(97-5)98-6)71-32-24-26-34-73(71)87(77)100;1-3-5(7)6(8)4(2)9-3;1-2/h23-26,31-56H,7-22,27-30H2,1-4H3;1-2H3;1-2H3/b76-51+,77-52+;;. The summed E-state index contributed by atoms with van der Waals surface area (Å²) in [5, 5.41) is 20.9. The van der Waals surface area contributed by atoms with Gasteiger partial charge in [-0.1, -0.05) is 264 Å². The Morgan fingerprint density at radius 3 is 1.04 bits per heavy atom. The molecule has 4 aliphatic rings. The zero-order valence-electron chi connectivity index (χ0n) is 66.9. The lowest BCUT2D eigenvalue weighted by atomic mass is 9.65. The molecule has 0 aliphatic heterocycles. The van der Waals surface area contributed by atoms with E-state index in [2.05, 4.69) is 171 Å². The summed E-state index contributed by atoms with van der Waals surface area (Å²) in [7, 11) is 0. The van der Waals surface area contributed by atoms with E-state index in [1.165, 1.54) is 165 Å². The Hall–Kier alpha value is -10.3. The molecule has 5 aromatic heterocycles. The number of carbonyl (C=O) groups excluding carboxylic acids is 2. The quantitative estimate of drug-likeness (QED) is 0.0234. The Labute approximate surface area is 696 Å². The van der Waals surface area contributed by atoms with Gasteiger partial charge in [-0.05, 0) is 180 Å². The van der Waals surface area contributed by atoms with Gasteiger partial charge in [0.2, 0.25) is 0 Å². The molecule has 0 N–H and O–H groups in total. The van der Waals surface area contributed by atoms with Gasteiger partial charge < -0.3 is 0 Å². The fraction of sp³-hybridized carbons (Fsp3) is 0.294. The molecule has 16 rings (SSSR count). The topological polar surface area (TPSA) is 90.4 Å². The highest BCUT2D eigenvalue weighted by Gasteiger charge is 2.55. The average molecular weight is 1610 g/mol. The first kappa shape index (κ1) is 81.3. The molecule has 0 atom stereocenters. The molecule has 0 radical (unpaired) electrons. The van der Waals surface area contributed by atoms with E-state index in [0.717, 1.165) is 91.3 Å². The van der Waals surface area contributed by atoms with Gasteiger partial charge in [0, 0.05) is 77.6 Å². The third-order valence-corrected chi connectivity index (χ3v) is 29.1. The number of hydrogen-bond donors (Lipinski definition) is 0. The number of benzene rings is 7. The van der Waals surface area contributed by atoms with Crippen LogP contribution in [0, 0.1) is 61.3 Å². The predicted molar refractivity (Wildman–Crippen MR) is 480 cm³/mol. The summed E-state index contributed by atoms with van der Waals surface area (Å²) in [4.78, 5) is 41.8. The fourth-order valence-corrected chi connectivity index (χ4v) is 24.0. The van der Waals surface area contributed by atoms with E-state index in [1.54, 1.807) is 48.7 Å². The number of halogens is 2. The smallest absolute Gasteiger partial charge is 0.289 e. The molecule has 4 aliphatic carbocycles. The Kier molecular flexibility index (Phi) is 25.3. The van der Waals surface area contributed by atoms with Crippen molar-refractivity contribution in [1.82, 2.24) is 0 Å². The van der Waals surface area contributed by atoms with Gasteiger partial charge in [-0.15, -0.1) is 56.7 Å². The Bertz CT molecular complexity index is 5510. The van der Waals surface area contributed by atoms with Crippen LogP contribution in [0.5, 0.6) is 0 Å². The summed E-state index contributed by atoms with van der Waals surface area (Å²) >= 11 is 8.18. The van der Waals surface area contributed by atoms with Crippen molar-refractivity contribution in [1.29, 1.82) is 10.5 Å². The minimum Gasteiger partial charge on any atom is -0.289 e. The molecule has 13 heteroatoms. The average Bonchev–Trinajstić information content (AvgIpc) is 1.49. The first-order chi connectivity index (χ1) is 56.2. The number of Topliss-reactive ketones (excluding diaryl/α,β-unsaturated/α-hetero) is 2. The van der Waals surface area contributed by atoms with Gasteiger partial charge in [-0.3, -0.25) is 9.59 Å². The second kappa shape index (κ2) is 35.8. The molecule has 12 aromatic rings. The lowest BCUT2D eigenvalue weighted by Crippen LogP contribution is -2.30. The van der Waals surface area contributed by atoms with Crippen LogP contribution in [0.3, 0.4) is 0 Å². The van der Waals surface area contributed by atoms with Crippen LogP contribution in [-0.4, -0.2) is 11.6 Å². The van der Waals surface area contributed by atoms with Crippen molar-refractivity contribution in [3.63, 3.8) is 0 Å². The third-order valence-electron chi connectivity index (χ3n) is 23.3. The third kappa shape index (κ3) is 15.0. The number of aryl methyl sites for hydroxylation is 6. The molecular formula is C102H94F2N4O2S5. The molecule has 5 heterocycles. The number of rotatable bonds is 26. The van der Waals surface area contributed by atoms with E-state index in [0.29, 0.717) is 54.3 Å². The van der Waals surface area contributed by atoms with Crippen molar-refractivity contribution < 1.29 is 18.4 Å². The van der Waals surface area contributed by atoms with Gasteiger partial charge in [0.25, 0.3) is 0 Å². The van der Waals surface area contributed by atoms with E-state index >= 15 is 0 Å². The first-order valence-electron chi connectivity index (χ1n) is 41.1. The van der Waals surface area contributed by atoms with Crippen LogP contribution in [0.2, 0.25) is 0 Å². The second-order valence-corrected chi connectivity index (χ2v) is 36.1. The largest absolute Gasteiger partial charge is 0.528 e. The zero-order valence-corrected chi connectivity index (χ0v) is 70.9. The molecule has 0 fully saturated rings. The number of nitrogens with zero attached hydrogens (tertiary/aromatic N) is 4. The van der Waals surface area contributed by atoms with E-state index in [-0.39, 0.29) is 23.0 Å². The molecule has 0 saturated heterocycles. The van der Waals surface area contributed by atoms with Gasteiger partial charge in [0.15, 0.2) is 23.2 Å². The van der Waals surface area contributed by atoms with E-state index in [4.69, 9.17) is 13.1 Å². The van der Waals surface area contributed by atoms with Gasteiger partial charge in [0.05, 0.1) is 25.8 Å². The fourth-order valence-electron chi connectivity index (χ4n) is 17.7. The van der Waals surface area contributed by atoms with Crippen LogP contribution in [0.1, 0.15) is 262 Å². The van der Waals surface area contributed by atoms with Crippen LogP contribution < -0.4 is 0 Å². The van der Waals surface area contributed by atoms with Crippen LogP contribution in [0.25, 0.3) is 72.7 Å². The van der Waals surface area contributed by atoms with Crippen LogP contribution in [0.4, 0.5) is 8.78 Å². The van der Waals surface area contributed by atoms with Crippen molar-refractivity contribution in [2.24, 2.45) is 0 Å². The predicted octanol–water partition coefficient (Wildman–Crippen LogP) is 30.0. The van der Waals surface area contributed by atoms with Crippen molar-refractivity contribution in [2.45, 2.75) is 195 Å². The minimum atomic E-state index is -0.835. The summed E-state index contributed by atoms with van der Waals surface area (Å²) in [6.45, 7) is 32.5. The second-order valence-electron chi connectivity index (χ2n) is 30.4. The summed E-state index contributed by atoms with van der Waals surface area (Å²) in [5.41, 5.74) is 19.4. The monoisotopic (exact) mass is 1600 g/mol. The first-order valence-corrected chi connectivity index (χ1v) is 45.1. The van der Waals surface area contributed by atoms with Crippen molar-refractivity contribution >= 4 is 110 Å². The maximum absolute atomic E-state index is 14.7. The van der Waals surface area contributed by atoms with Crippen LogP contribution in [0.15, 0.2) is 192 Å². The maximum Gasteiger partial charge on any atom is 0.528 e. The Morgan fingerprint density at radius 2 is 0.739 bits per heavy atom. The van der Waals surface area contributed by atoms with Crippen molar-refractivity contribution in [2.75, 3.05) is 0 Å². The summed E-state index contributed by atoms with van der Waals surface area (Å²) < 4.78 is 29.3. The lowest BCUT2D eigenvalue weighted by molar-refractivity contribution is 0.103. The Balaban J connectivity index is 0.000000923. The van der Waals surface area contributed by atoms with Crippen LogP contribution >= 0.6 is 56.7 Å². The van der Waals surface area contributed by atoms with Crippen molar-refractivity contribution in [3.05, 3.63) is 335 Å². The normalized spacial score (nSPS) is 14.3. The Morgan fingerprint density at radius 1 is 0.417 bits per heavy atom. The van der Waals surface area contributed by atoms with Gasteiger partial charge in [-0.2, -0.15) is 20.2 Å². The van der Waals surface area contributed by atoms with Crippen LogP contribution in [-0.2, 0) is 36.5 Å². The molecule has 0 amide bonds. The minimum absolute atomic E-state index is 0.0786. The van der Waals surface area contributed by atoms with E-state index < -0.39 is 22.5 Å². The number of hydrogen-bond acceptors (Lipinski definition) is 9. The molecular weight excluding hydrogens is 1510 g/mol. The number of carbonyl (C=O) groups is 2. The summed E-state index contributed by atoms with van der Waals surface area (Å²) in [6, 6.07) is 67.1. The summed E-state index contributed by atoms with van der Waals surface area (Å²) in [5.74, 6) is -1.87. The van der Waals surface area contributed by atoms with E-state index in [1.807, 2.05) is 85.1 Å². The van der Waals surface area contributed by atoms with Gasteiger partial charge in [0.1, 0.15) is 30.9 Å². The number of unbranched alkanes of at least 4 members (excludes halogenated alkanes) is 12. The highest BCUT2D eigenvalue weighted by molar-refractivity contribution is 7.31.